The molecule has 2 aromatic rings. The molecule has 1 atom stereocenters. The minimum absolute atomic E-state index is 0.213. The van der Waals surface area contributed by atoms with E-state index < -0.39 is 11.9 Å². The monoisotopic (exact) mass is 330 g/mol. The number of aliphatic hydroxyl groups is 1. The van der Waals surface area contributed by atoms with Crippen LogP contribution in [0.3, 0.4) is 0 Å². The van der Waals surface area contributed by atoms with Gasteiger partial charge in [0.15, 0.2) is 11.6 Å². The van der Waals surface area contributed by atoms with Crippen molar-refractivity contribution >= 4 is 27.3 Å². The Labute approximate surface area is 117 Å². The first-order valence-electron chi connectivity index (χ1n) is 5.35. The van der Waals surface area contributed by atoms with E-state index in [1.807, 2.05) is 11.4 Å². The van der Waals surface area contributed by atoms with Crippen molar-refractivity contribution in [1.29, 1.82) is 0 Å². The average molecular weight is 331 g/mol. The van der Waals surface area contributed by atoms with Gasteiger partial charge in [0, 0.05) is 15.8 Å². The number of halogens is 2. The molecule has 2 nitrogen and oxygen atoms in total. The molecule has 0 fully saturated rings. The Morgan fingerprint density at radius 2 is 2.22 bits per heavy atom. The number of benzene rings is 1. The molecule has 96 valence electrons. The van der Waals surface area contributed by atoms with Crippen LogP contribution in [0.25, 0.3) is 0 Å². The lowest BCUT2D eigenvalue weighted by molar-refractivity contribution is 0.181. The van der Waals surface area contributed by atoms with Crippen LogP contribution in [0.1, 0.15) is 16.5 Å². The maximum atomic E-state index is 13.5. The zero-order chi connectivity index (χ0) is 13.1. The van der Waals surface area contributed by atoms with Crippen LogP contribution < -0.4 is 4.74 Å². The van der Waals surface area contributed by atoms with Crippen molar-refractivity contribution in [2.24, 2.45) is 0 Å². The van der Waals surface area contributed by atoms with Gasteiger partial charge in [0.1, 0.15) is 0 Å². The Balaban J connectivity index is 2.15. The molecule has 1 heterocycles. The summed E-state index contributed by atoms with van der Waals surface area (Å²) >= 11 is 4.85. The molecule has 0 spiro atoms. The highest BCUT2D eigenvalue weighted by molar-refractivity contribution is 9.10. The van der Waals surface area contributed by atoms with Gasteiger partial charge in [0.25, 0.3) is 0 Å². The van der Waals surface area contributed by atoms with Gasteiger partial charge in [-0.15, -0.1) is 11.3 Å². The van der Waals surface area contributed by atoms with E-state index in [9.17, 15) is 9.50 Å². The number of aliphatic hydroxyl groups excluding tert-OH is 1. The normalized spacial score (nSPS) is 12.4. The van der Waals surface area contributed by atoms with Crippen molar-refractivity contribution in [3.63, 3.8) is 0 Å². The second-order valence-electron chi connectivity index (χ2n) is 3.82. The Kier molecular flexibility index (Phi) is 4.37. The minimum Gasteiger partial charge on any atom is -0.494 e. The molecule has 0 aliphatic carbocycles. The van der Waals surface area contributed by atoms with Gasteiger partial charge in [-0.05, 0) is 45.1 Å². The summed E-state index contributed by atoms with van der Waals surface area (Å²) in [6.07, 6.45) is -0.257. The molecular weight excluding hydrogens is 319 g/mol. The van der Waals surface area contributed by atoms with Crippen molar-refractivity contribution < 1.29 is 14.2 Å². The van der Waals surface area contributed by atoms with Gasteiger partial charge in [0.05, 0.1) is 13.2 Å². The lowest BCUT2D eigenvalue weighted by atomic mass is 10.1. The first-order valence-corrected chi connectivity index (χ1v) is 7.02. The number of ether oxygens (including phenoxy) is 1. The van der Waals surface area contributed by atoms with Crippen LogP contribution in [0.5, 0.6) is 5.75 Å². The molecule has 1 aromatic carbocycles. The molecule has 1 aromatic heterocycles. The average Bonchev–Trinajstić information content (AvgIpc) is 2.76. The standard InChI is InChI=1S/C13H12BrFO2S/c1-17-12-3-2-8(6-10(12)15)7-11(16)13-9(14)4-5-18-13/h2-6,11,16H,7H2,1H3. The smallest absolute Gasteiger partial charge is 0.165 e. The first-order chi connectivity index (χ1) is 8.61. The number of methoxy groups -OCH3 is 1. The highest BCUT2D eigenvalue weighted by atomic mass is 79.9. The molecule has 0 radical (unpaired) electrons. The van der Waals surface area contributed by atoms with Gasteiger partial charge >= 0.3 is 0 Å². The molecule has 1 N–H and O–H groups in total. The summed E-state index contributed by atoms with van der Waals surface area (Å²) in [5, 5.41) is 12.0. The van der Waals surface area contributed by atoms with E-state index in [4.69, 9.17) is 4.74 Å². The summed E-state index contributed by atoms with van der Waals surface area (Å²) in [6, 6.07) is 6.61. The third-order valence-electron chi connectivity index (χ3n) is 2.59. The zero-order valence-corrected chi connectivity index (χ0v) is 12.1. The van der Waals surface area contributed by atoms with E-state index in [0.717, 1.165) is 14.9 Å². The lowest BCUT2D eigenvalue weighted by Gasteiger charge is -2.10. The molecule has 0 amide bonds. The van der Waals surface area contributed by atoms with E-state index in [0.29, 0.717) is 6.42 Å². The van der Waals surface area contributed by atoms with Crippen molar-refractivity contribution in [3.8, 4) is 5.75 Å². The van der Waals surface area contributed by atoms with E-state index in [1.165, 1.54) is 24.5 Å². The maximum Gasteiger partial charge on any atom is 0.165 e. The highest BCUT2D eigenvalue weighted by Gasteiger charge is 2.14. The van der Waals surface area contributed by atoms with Crippen molar-refractivity contribution in [2.45, 2.75) is 12.5 Å². The Hall–Kier alpha value is -0.910. The number of hydrogen-bond donors (Lipinski definition) is 1. The van der Waals surface area contributed by atoms with Gasteiger partial charge in [-0.2, -0.15) is 0 Å². The van der Waals surface area contributed by atoms with Crippen molar-refractivity contribution in [2.75, 3.05) is 7.11 Å². The number of thiophene rings is 1. The molecule has 0 saturated carbocycles. The predicted molar refractivity (Wildman–Crippen MR) is 73.6 cm³/mol. The van der Waals surface area contributed by atoms with Crippen LogP contribution in [-0.4, -0.2) is 12.2 Å². The fourth-order valence-electron chi connectivity index (χ4n) is 1.70. The molecule has 0 aliphatic rings. The summed E-state index contributed by atoms with van der Waals surface area (Å²) in [5.74, 6) is -0.196. The second kappa shape index (κ2) is 5.82. The number of hydrogen-bond acceptors (Lipinski definition) is 3. The number of rotatable bonds is 4. The van der Waals surface area contributed by atoms with Gasteiger partial charge in [0.2, 0.25) is 0 Å². The molecule has 5 heteroatoms. The van der Waals surface area contributed by atoms with E-state index in [2.05, 4.69) is 15.9 Å². The highest BCUT2D eigenvalue weighted by Crippen LogP contribution is 2.31. The van der Waals surface area contributed by atoms with Crippen LogP contribution >= 0.6 is 27.3 Å². The van der Waals surface area contributed by atoms with Gasteiger partial charge in [-0.3, -0.25) is 0 Å². The van der Waals surface area contributed by atoms with Crippen LogP contribution in [0.15, 0.2) is 34.1 Å². The van der Waals surface area contributed by atoms with Crippen LogP contribution in [-0.2, 0) is 6.42 Å². The minimum atomic E-state index is -0.632. The van der Waals surface area contributed by atoms with Gasteiger partial charge in [-0.25, -0.2) is 4.39 Å². The summed E-state index contributed by atoms with van der Waals surface area (Å²) in [7, 11) is 1.43. The molecule has 18 heavy (non-hydrogen) atoms. The summed E-state index contributed by atoms with van der Waals surface area (Å²) in [6.45, 7) is 0. The Morgan fingerprint density at radius 3 is 2.78 bits per heavy atom. The Morgan fingerprint density at radius 1 is 1.44 bits per heavy atom. The fraction of sp³-hybridized carbons (Fsp3) is 0.231. The topological polar surface area (TPSA) is 29.5 Å². The maximum absolute atomic E-state index is 13.5. The zero-order valence-electron chi connectivity index (χ0n) is 9.69. The van der Waals surface area contributed by atoms with Crippen LogP contribution in [0.2, 0.25) is 0 Å². The predicted octanol–water partition coefficient (Wildman–Crippen LogP) is 3.93. The third kappa shape index (κ3) is 2.91. The third-order valence-corrected chi connectivity index (χ3v) is 4.56. The van der Waals surface area contributed by atoms with Gasteiger partial charge < -0.3 is 9.84 Å². The molecule has 1 unspecified atom stereocenters. The van der Waals surface area contributed by atoms with Crippen LogP contribution in [0, 0.1) is 5.82 Å². The van der Waals surface area contributed by atoms with Crippen LogP contribution in [0.4, 0.5) is 4.39 Å². The summed E-state index contributed by atoms with van der Waals surface area (Å²) in [5.41, 5.74) is 0.737. The SMILES string of the molecule is COc1ccc(CC(O)c2sccc2Br)cc1F. The van der Waals surface area contributed by atoms with Crippen molar-refractivity contribution in [1.82, 2.24) is 0 Å². The molecule has 0 saturated heterocycles. The quantitative estimate of drug-likeness (QED) is 0.920. The molecule has 0 bridgehead atoms. The summed E-state index contributed by atoms with van der Waals surface area (Å²) in [4.78, 5) is 0.853. The lowest BCUT2D eigenvalue weighted by Crippen LogP contribution is -2.01. The van der Waals surface area contributed by atoms with E-state index in [1.54, 1.807) is 12.1 Å². The fourth-order valence-corrected chi connectivity index (χ4v) is 3.32. The largest absolute Gasteiger partial charge is 0.494 e. The molecule has 0 aliphatic heterocycles. The van der Waals surface area contributed by atoms with E-state index in [-0.39, 0.29) is 5.75 Å². The molecular formula is C13H12BrFO2S. The van der Waals surface area contributed by atoms with E-state index >= 15 is 0 Å². The second-order valence-corrected chi connectivity index (χ2v) is 5.62. The first kappa shape index (κ1) is 13.5. The molecule has 2 rings (SSSR count). The van der Waals surface area contributed by atoms with Crippen molar-refractivity contribution in [3.05, 3.63) is 50.4 Å². The van der Waals surface area contributed by atoms with Gasteiger partial charge in [-0.1, -0.05) is 6.07 Å². The Bertz CT molecular complexity index is 542. The summed E-state index contributed by atoms with van der Waals surface area (Å²) < 4.78 is 19.2.